The molecule has 1 aromatic rings. The van der Waals surface area contributed by atoms with Gasteiger partial charge in [-0.05, 0) is 30.0 Å². The first-order chi connectivity index (χ1) is 9.92. The van der Waals surface area contributed by atoms with Gasteiger partial charge in [0, 0.05) is 28.5 Å². The maximum atomic E-state index is 11.8. The third-order valence-electron chi connectivity index (χ3n) is 3.02. The van der Waals surface area contributed by atoms with Gasteiger partial charge in [0.1, 0.15) is 0 Å². The molecular formula is C15H24N2O3S. The van der Waals surface area contributed by atoms with Gasteiger partial charge < -0.3 is 15.7 Å². The number of nitrogens with one attached hydrogen (secondary N) is 2. The van der Waals surface area contributed by atoms with E-state index in [9.17, 15) is 14.1 Å². The number of hydrogen-bond donors (Lipinski definition) is 3. The van der Waals surface area contributed by atoms with E-state index in [0.717, 1.165) is 16.9 Å². The molecule has 21 heavy (non-hydrogen) atoms. The van der Waals surface area contributed by atoms with E-state index in [2.05, 4.69) is 10.6 Å². The van der Waals surface area contributed by atoms with Crippen molar-refractivity contribution in [2.24, 2.45) is 5.92 Å². The number of benzene rings is 1. The fourth-order valence-corrected chi connectivity index (χ4v) is 2.49. The smallest absolute Gasteiger partial charge is 0.315 e. The molecule has 118 valence electrons. The lowest BCUT2D eigenvalue weighted by atomic mass is 10.0. The first kappa shape index (κ1) is 17.7. The molecule has 0 spiro atoms. The SMILES string of the molecule is CC(C)CC(CO)NC(=O)NCc1ccc(S(C)=O)cc1. The summed E-state index contributed by atoms with van der Waals surface area (Å²) < 4.78 is 11.3. The van der Waals surface area contributed by atoms with Crippen LogP contribution in [-0.4, -0.2) is 34.3 Å². The van der Waals surface area contributed by atoms with Gasteiger partial charge in [0.2, 0.25) is 0 Å². The fraction of sp³-hybridized carbons (Fsp3) is 0.533. The van der Waals surface area contributed by atoms with Crippen molar-refractivity contribution < 1.29 is 14.1 Å². The molecule has 1 rings (SSSR count). The van der Waals surface area contributed by atoms with E-state index < -0.39 is 10.8 Å². The number of aliphatic hydroxyl groups is 1. The fourth-order valence-electron chi connectivity index (χ4n) is 1.97. The molecule has 0 aliphatic rings. The molecule has 0 saturated carbocycles. The molecule has 0 radical (unpaired) electrons. The van der Waals surface area contributed by atoms with Gasteiger partial charge in [-0.2, -0.15) is 0 Å². The standard InChI is InChI=1S/C15H24N2O3S/c1-11(2)8-13(10-18)17-15(19)16-9-12-4-6-14(7-5-12)21(3)20/h4-7,11,13,18H,8-10H2,1-3H3,(H2,16,17,19). The van der Waals surface area contributed by atoms with Crippen molar-refractivity contribution in [2.45, 2.75) is 37.8 Å². The zero-order valence-corrected chi connectivity index (χ0v) is 13.6. The van der Waals surface area contributed by atoms with E-state index in [1.165, 1.54) is 0 Å². The van der Waals surface area contributed by atoms with Crippen LogP contribution in [0.4, 0.5) is 4.79 Å². The molecule has 6 heteroatoms. The molecule has 0 bridgehead atoms. The summed E-state index contributed by atoms with van der Waals surface area (Å²) in [5.74, 6) is 0.407. The van der Waals surface area contributed by atoms with E-state index in [1.54, 1.807) is 18.4 Å². The number of urea groups is 1. The summed E-state index contributed by atoms with van der Waals surface area (Å²) in [6.45, 7) is 4.41. The molecule has 0 aromatic heterocycles. The second kappa shape index (κ2) is 8.79. The summed E-state index contributed by atoms with van der Waals surface area (Å²) >= 11 is 0. The second-order valence-electron chi connectivity index (χ2n) is 5.43. The molecule has 2 unspecified atom stereocenters. The minimum atomic E-state index is -0.992. The molecule has 1 aromatic carbocycles. The predicted octanol–water partition coefficient (Wildman–Crippen LogP) is 1.63. The Hall–Kier alpha value is -1.40. The summed E-state index contributed by atoms with van der Waals surface area (Å²) in [5.41, 5.74) is 0.934. The highest BCUT2D eigenvalue weighted by Crippen LogP contribution is 2.07. The van der Waals surface area contributed by atoms with E-state index >= 15 is 0 Å². The number of aliphatic hydroxyl groups excluding tert-OH is 1. The second-order valence-corrected chi connectivity index (χ2v) is 6.81. The monoisotopic (exact) mass is 312 g/mol. The Morgan fingerprint density at radius 2 is 1.90 bits per heavy atom. The van der Waals surface area contributed by atoms with E-state index in [-0.39, 0.29) is 18.7 Å². The minimum Gasteiger partial charge on any atom is -0.394 e. The third-order valence-corrected chi connectivity index (χ3v) is 3.96. The molecule has 0 heterocycles. The quantitative estimate of drug-likeness (QED) is 0.716. The van der Waals surface area contributed by atoms with Gasteiger partial charge in [0.25, 0.3) is 0 Å². The van der Waals surface area contributed by atoms with Gasteiger partial charge in [-0.3, -0.25) is 4.21 Å². The van der Waals surface area contributed by atoms with Gasteiger partial charge in [0.15, 0.2) is 0 Å². The van der Waals surface area contributed by atoms with Crippen molar-refractivity contribution >= 4 is 16.8 Å². The first-order valence-corrected chi connectivity index (χ1v) is 8.55. The number of amides is 2. The van der Waals surface area contributed by atoms with Gasteiger partial charge in [-0.1, -0.05) is 26.0 Å². The topological polar surface area (TPSA) is 78.4 Å². The van der Waals surface area contributed by atoms with E-state index in [0.29, 0.717) is 12.5 Å². The van der Waals surface area contributed by atoms with Crippen LogP contribution in [-0.2, 0) is 17.3 Å². The van der Waals surface area contributed by atoms with Crippen molar-refractivity contribution in [2.75, 3.05) is 12.9 Å². The molecule has 5 nitrogen and oxygen atoms in total. The van der Waals surface area contributed by atoms with E-state index in [1.807, 2.05) is 26.0 Å². The lowest BCUT2D eigenvalue weighted by Gasteiger charge is -2.18. The number of hydrogen-bond acceptors (Lipinski definition) is 3. The van der Waals surface area contributed by atoms with Crippen LogP contribution in [0.5, 0.6) is 0 Å². The highest BCUT2D eigenvalue weighted by Gasteiger charge is 2.12. The van der Waals surface area contributed by atoms with Crippen LogP contribution in [0.3, 0.4) is 0 Å². The van der Waals surface area contributed by atoms with Gasteiger partial charge >= 0.3 is 6.03 Å². The Kier molecular flexibility index (Phi) is 7.39. The van der Waals surface area contributed by atoms with Crippen molar-refractivity contribution in [3.05, 3.63) is 29.8 Å². The maximum Gasteiger partial charge on any atom is 0.315 e. The van der Waals surface area contributed by atoms with Crippen molar-refractivity contribution in [3.8, 4) is 0 Å². The third kappa shape index (κ3) is 6.73. The number of carbonyl (C=O) groups is 1. The average Bonchev–Trinajstić information content (AvgIpc) is 2.44. The molecule has 0 saturated heterocycles. The highest BCUT2D eigenvalue weighted by atomic mass is 32.2. The maximum absolute atomic E-state index is 11.8. The minimum absolute atomic E-state index is 0.0669. The lowest BCUT2D eigenvalue weighted by Crippen LogP contribution is -2.44. The van der Waals surface area contributed by atoms with Gasteiger partial charge in [-0.15, -0.1) is 0 Å². The largest absolute Gasteiger partial charge is 0.394 e. The summed E-state index contributed by atoms with van der Waals surface area (Å²) in [6, 6.07) is 6.75. The average molecular weight is 312 g/mol. The zero-order chi connectivity index (χ0) is 15.8. The molecule has 0 fully saturated rings. The van der Waals surface area contributed by atoms with Crippen molar-refractivity contribution in [1.29, 1.82) is 0 Å². The summed E-state index contributed by atoms with van der Waals surface area (Å²) in [5, 5.41) is 14.7. The molecule has 2 atom stereocenters. The van der Waals surface area contributed by atoms with Crippen LogP contribution in [0.25, 0.3) is 0 Å². The van der Waals surface area contributed by atoms with Crippen LogP contribution < -0.4 is 10.6 Å². The van der Waals surface area contributed by atoms with Crippen LogP contribution >= 0.6 is 0 Å². The van der Waals surface area contributed by atoms with Crippen LogP contribution in [0, 0.1) is 5.92 Å². The molecule has 2 amide bonds. The van der Waals surface area contributed by atoms with Crippen molar-refractivity contribution in [1.82, 2.24) is 10.6 Å². The Morgan fingerprint density at radius 1 is 1.29 bits per heavy atom. The van der Waals surface area contributed by atoms with Gasteiger partial charge in [-0.25, -0.2) is 4.79 Å². The Bertz CT molecular complexity index is 474. The van der Waals surface area contributed by atoms with Crippen LogP contribution in [0.15, 0.2) is 29.2 Å². The first-order valence-electron chi connectivity index (χ1n) is 7.00. The molecule has 0 aliphatic carbocycles. The molecule has 3 N–H and O–H groups in total. The Balaban J connectivity index is 2.43. The highest BCUT2D eigenvalue weighted by molar-refractivity contribution is 7.84. The van der Waals surface area contributed by atoms with Crippen molar-refractivity contribution in [3.63, 3.8) is 0 Å². The summed E-state index contributed by atoms with van der Waals surface area (Å²) in [7, 11) is -0.992. The Morgan fingerprint density at radius 3 is 2.38 bits per heavy atom. The van der Waals surface area contributed by atoms with Crippen LogP contribution in [0.1, 0.15) is 25.8 Å². The summed E-state index contributed by atoms with van der Waals surface area (Å²) in [6.07, 6.45) is 2.37. The summed E-state index contributed by atoms with van der Waals surface area (Å²) in [4.78, 5) is 12.5. The normalized spacial score (nSPS) is 13.8. The lowest BCUT2D eigenvalue weighted by molar-refractivity contribution is 0.206. The van der Waals surface area contributed by atoms with Crippen LogP contribution in [0.2, 0.25) is 0 Å². The zero-order valence-electron chi connectivity index (χ0n) is 12.8. The molecule has 0 aliphatic heterocycles. The van der Waals surface area contributed by atoms with E-state index in [4.69, 9.17) is 0 Å². The predicted molar refractivity (Wildman–Crippen MR) is 84.5 cm³/mol. The van der Waals surface area contributed by atoms with Gasteiger partial charge in [0.05, 0.1) is 12.6 Å². The Labute approximate surface area is 128 Å². The molecular weight excluding hydrogens is 288 g/mol. The number of carbonyl (C=O) groups excluding carboxylic acids is 1. The number of rotatable bonds is 7.